The van der Waals surface area contributed by atoms with E-state index in [1.807, 2.05) is 30.3 Å². The van der Waals surface area contributed by atoms with Gasteiger partial charge in [0.25, 0.3) is 0 Å². The predicted molar refractivity (Wildman–Crippen MR) is 103 cm³/mol. The number of para-hydroxylation sites is 1. The van der Waals surface area contributed by atoms with Crippen LogP contribution in [0.25, 0.3) is 10.9 Å². The van der Waals surface area contributed by atoms with Gasteiger partial charge in [0.2, 0.25) is 11.8 Å². The Morgan fingerprint density at radius 2 is 2.19 bits per heavy atom. The number of H-pyrrole nitrogens is 1. The summed E-state index contributed by atoms with van der Waals surface area (Å²) in [6.45, 7) is 2.12. The van der Waals surface area contributed by atoms with Gasteiger partial charge in [-0.1, -0.05) is 43.1 Å². The highest BCUT2D eigenvalue weighted by Gasteiger charge is 2.36. The van der Waals surface area contributed by atoms with E-state index in [1.54, 1.807) is 0 Å². The van der Waals surface area contributed by atoms with Crippen molar-refractivity contribution >= 4 is 22.5 Å². The average Bonchev–Trinajstić information content (AvgIpc) is 3.07. The molecule has 1 atom stereocenters. The van der Waals surface area contributed by atoms with E-state index in [2.05, 4.69) is 28.2 Å². The number of unbranched alkanes of at least 4 members (excludes halogenated alkanes) is 1. The first-order valence-electron chi connectivity index (χ1n) is 8.84. The van der Waals surface area contributed by atoms with E-state index in [0.29, 0.717) is 16.6 Å². The maximum atomic E-state index is 9.77. The number of allylic oxidation sites excluding steroid dienone is 1. The van der Waals surface area contributed by atoms with Crippen LogP contribution in [0.3, 0.4) is 0 Å². The molecule has 3 N–H and O–H groups in total. The molecule has 1 aliphatic rings. The van der Waals surface area contributed by atoms with Crippen LogP contribution in [0.15, 0.2) is 41.8 Å². The van der Waals surface area contributed by atoms with E-state index in [0.717, 1.165) is 47.0 Å². The van der Waals surface area contributed by atoms with E-state index in [4.69, 9.17) is 22.1 Å². The number of nitrogens with one attached hydrogen (secondary N) is 1. The maximum absolute atomic E-state index is 9.77. The van der Waals surface area contributed by atoms with Gasteiger partial charge in [0.15, 0.2) is 0 Å². The molecule has 7 heteroatoms. The molecule has 3 aromatic rings. The Kier molecular flexibility index (Phi) is 4.46. The van der Waals surface area contributed by atoms with Crippen LogP contribution in [0.1, 0.15) is 42.5 Å². The predicted octanol–water partition coefficient (Wildman–Crippen LogP) is 4.17. The Labute approximate surface area is 161 Å². The number of nitriles is 1. The van der Waals surface area contributed by atoms with E-state index >= 15 is 0 Å². The highest BCUT2D eigenvalue weighted by molar-refractivity contribution is 6.30. The van der Waals surface area contributed by atoms with Gasteiger partial charge in [-0.3, -0.25) is 5.10 Å². The number of fused-ring (bicyclic) bond motifs is 2. The standard InChI is InChI=1S/C20H18ClN5O/c1-2-3-7-15-17-16(13(10-22)19(23)27-20(17)26-25-15)12-9-11-6-4-5-8-14(11)24-18(12)21/h4-6,8-9,16H,2-3,7,23H2,1H3,(H,25,26). The molecule has 0 aliphatic carbocycles. The number of aromatic nitrogens is 3. The summed E-state index contributed by atoms with van der Waals surface area (Å²) in [5.74, 6) is -0.0199. The first-order valence-corrected chi connectivity index (χ1v) is 9.21. The molecule has 0 amide bonds. The molecule has 3 heterocycles. The number of nitrogens with two attached hydrogens (primary N) is 1. The molecule has 0 saturated heterocycles. The summed E-state index contributed by atoms with van der Waals surface area (Å²) in [7, 11) is 0. The van der Waals surface area contributed by atoms with Crippen molar-refractivity contribution < 1.29 is 4.74 Å². The number of aromatic amines is 1. The quantitative estimate of drug-likeness (QED) is 0.662. The van der Waals surface area contributed by atoms with Crippen molar-refractivity contribution in [1.82, 2.24) is 15.2 Å². The van der Waals surface area contributed by atoms with Gasteiger partial charge in [0.1, 0.15) is 16.8 Å². The Morgan fingerprint density at radius 1 is 1.37 bits per heavy atom. The minimum Gasteiger partial charge on any atom is -0.420 e. The Bertz CT molecular complexity index is 1100. The van der Waals surface area contributed by atoms with Crippen LogP contribution in [0.2, 0.25) is 5.15 Å². The van der Waals surface area contributed by atoms with Crippen LogP contribution < -0.4 is 10.5 Å². The highest BCUT2D eigenvalue weighted by Crippen LogP contribution is 2.45. The fourth-order valence-electron chi connectivity index (χ4n) is 3.48. The highest BCUT2D eigenvalue weighted by atomic mass is 35.5. The van der Waals surface area contributed by atoms with Crippen molar-refractivity contribution in [2.45, 2.75) is 32.1 Å². The van der Waals surface area contributed by atoms with Crippen molar-refractivity contribution in [2.24, 2.45) is 5.73 Å². The third-order valence-electron chi connectivity index (χ3n) is 4.81. The monoisotopic (exact) mass is 379 g/mol. The third-order valence-corrected chi connectivity index (χ3v) is 5.12. The molecular weight excluding hydrogens is 362 g/mol. The SMILES string of the molecule is CCCCc1[nH]nc2c1C(c1cc3ccccc3nc1Cl)C(C#N)=C(N)O2. The zero-order valence-corrected chi connectivity index (χ0v) is 15.5. The van der Waals surface area contributed by atoms with Gasteiger partial charge in [-0.2, -0.15) is 5.26 Å². The molecule has 4 rings (SSSR count). The fourth-order valence-corrected chi connectivity index (χ4v) is 3.73. The first-order chi connectivity index (χ1) is 13.1. The molecule has 0 bridgehead atoms. The average molecular weight is 380 g/mol. The van der Waals surface area contributed by atoms with Crippen LogP contribution >= 0.6 is 11.6 Å². The fraction of sp³-hybridized carbons (Fsp3) is 0.250. The van der Waals surface area contributed by atoms with E-state index in [9.17, 15) is 5.26 Å². The van der Waals surface area contributed by atoms with Crippen LogP contribution in [0.5, 0.6) is 5.88 Å². The Morgan fingerprint density at radius 3 is 2.96 bits per heavy atom. The number of halogens is 1. The smallest absolute Gasteiger partial charge is 0.244 e. The van der Waals surface area contributed by atoms with Crippen molar-refractivity contribution in [3.8, 4) is 11.9 Å². The number of rotatable bonds is 4. The summed E-state index contributed by atoms with van der Waals surface area (Å²) < 4.78 is 5.60. The van der Waals surface area contributed by atoms with E-state index in [-0.39, 0.29) is 5.88 Å². The van der Waals surface area contributed by atoms with Crippen molar-refractivity contribution in [3.63, 3.8) is 0 Å². The lowest BCUT2D eigenvalue weighted by atomic mass is 9.83. The van der Waals surface area contributed by atoms with Crippen molar-refractivity contribution in [2.75, 3.05) is 0 Å². The number of hydrogen-bond acceptors (Lipinski definition) is 5. The topological polar surface area (TPSA) is 101 Å². The number of nitrogens with zero attached hydrogens (tertiary/aromatic N) is 3. The van der Waals surface area contributed by atoms with Crippen LogP contribution in [0, 0.1) is 11.3 Å². The van der Waals surface area contributed by atoms with Crippen LogP contribution in [0.4, 0.5) is 0 Å². The molecule has 0 saturated carbocycles. The van der Waals surface area contributed by atoms with Gasteiger partial charge in [-0.25, -0.2) is 4.98 Å². The third kappa shape index (κ3) is 2.90. The van der Waals surface area contributed by atoms with E-state index in [1.165, 1.54) is 0 Å². The zero-order valence-electron chi connectivity index (χ0n) is 14.8. The lowest BCUT2D eigenvalue weighted by molar-refractivity contribution is 0.378. The zero-order chi connectivity index (χ0) is 19.0. The second-order valence-electron chi connectivity index (χ2n) is 6.51. The van der Waals surface area contributed by atoms with Gasteiger partial charge in [-0.15, -0.1) is 5.10 Å². The minimum atomic E-state index is -0.464. The summed E-state index contributed by atoms with van der Waals surface area (Å²) in [5.41, 5.74) is 9.61. The number of aryl methyl sites for hydroxylation is 1. The van der Waals surface area contributed by atoms with Gasteiger partial charge < -0.3 is 10.5 Å². The summed E-state index contributed by atoms with van der Waals surface area (Å²) in [5, 5.41) is 18.4. The van der Waals surface area contributed by atoms with E-state index < -0.39 is 5.92 Å². The number of hydrogen-bond donors (Lipinski definition) is 2. The summed E-state index contributed by atoms with van der Waals surface area (Å²) in [6.07, 6.45) is 2.84. The molecular formula is C20H18ClN5O. The van der Waals surface area contributed by atoms with Crippen LogP contribution in [-0.2, 0) is 6.42 Å². The number of pyridine rings is 1. The van der Waals surface area contributed by atoms with Gasteiger partial charge in [-0.05, 0) is 25.0 Å². The van der Waals surface area contributed by atoms with Gasteiger partial charge in [0, 0.05) is 16.6 Å². The van der Waals surface area contributed by atoms with Gasteiger partial charge in [0.05, 0.1) is 17.0 Å². The van der Waals surface area contributed by atoms with Crippen molar-refractivity contribution in [3.05, 3.63) is 63.8 Å². The lowest BCUT2D eigenvalue weighted by Gasteiger charge is -2.24. The Balaban J connectivity index is 1.94. The molecule has 0 radical (unpaired) electrons. The van der Waals surface area contributed by atoms with Gasteiger partial charge >= 0.3 is 0 Å². The maximum Gasteiger partial charge on any atom is 0.244 e. The first kappa shape index (κ1) is 17.4. The molecule has 27 heavy (non-hydrogen) atoms. The number of benzene rings is 1. The second-order valence-corrected chi connectivity index (χ2v) is 6.87. The summed E-state index contributed by atoms with van der Waals surface area (Å²) in [6, 6.07) is 11.9. The summed E-state index contributed by atoms with van der Waals surface area (Å²) in [4.78, 5) is 4.51. The molecule has 0 fully saturated rings. The minimum absolute atomic E-state index is 0.0489. The molecule has 2 aromatic heterocycles. The lowest BCUT2D eigenvalue weighted by Crippen LogP contribution is -2.21. The molecule has 136 valence electrons. The summed E-state index contributed by atoms with van der Waals surface area (Å²) >= 11 is 6.54. The Hall–Kier alpha value is -3.04. The largest absolute Gasteiger partial charge is 0.420 e. The molecule has 1 aromatic carbocycles. The molecule has 1 unspecified atom stereocenters. The molecule has 6 nitrogen and oxygen atoms in total. The molecule has 1 aliphatic heterocycles. The molecule has 0 spiro atoms. The number of ether oxygens (including phenoxy) is 1. The normalized spacial score (nSPS) is 16.1. The van der Waals surface area contributed by atoms with Crippen molar-refractivity contribution in [1.29, 1.82) is 5.26 Å². The van der Waals surface area contributed by atoms with Crippen LogP contribution in [-0.4, -0.2) is 15.2 Å². The second kappa shape index (κ2) is 6.93.